The van der Waals surface area contributed by atoms with Crippen LogP contribution in [0.25, 0.3) is 0 Å². The SMILES string of the molecule is CC(C)(C)[Si](C)(C)OC(=O)C(c1cccs1)c1cccs1. The third-order valence-electron chi connectivity index (χ3n) is 4.05. The predicted octanol–water partition coefficient (Wildman–Crippen LogP) is 5.49. The van der Waals surface area contributed by atoms with Crippen molar-refractivity contribution in [2.24, 2.45) is 0 Å². The van der Waals surface area contributed by atoms with Crippen LogP contribution < -0.4 is 0 Å². The molecule has 0 spiro atoms. The van der Waals surface area contributed by atoms with Gasteiger partial charge in [-0.15, -0.1) is 22.7 Å². The Labute approximate surface area is 135 Å². The molecular formula is C16H22O2S2Si. The van der Waals surface area contributed by atoms with Gasteiger partial charge < -0.3 is 4.43 Å². The van der Waals surface area contributed by atoms with Gasteiger partial charge in [0.2, 0.25) is 0 Å². The fourth-order valence-corrected chi connectivity index (χ4v) is 4.41. The van der Waals surface area contributed by atoms with Gasteiger partial charge >= 0.3 is 5.97 Å². The van der Waals surface area contributed by atoms with E-state index in [2.05, 4.69) is 33.9 Å². The van der Waals surface area contributed by atoms with Gasteiger partial charge in [-0.2, -0.15) is 0 Å². The van der Waals surface area contributed by atoms with E-state index in [1.165, 1.54) is 0 Å². The van der Waals surface area contributed by atoms with Gasteiger partial charge in [0.25, 0.3) is 8.32 Å². The summed E-state index contributed by atoms with van der Waals surface area (Å²) in [5.74, 6) is -0.384. The highest BCUT2D eigenvalue weighted by Crippen LogP contribution is 2.39. The van der Waals surface area contributed by atoms with E-state index in [0.717, 1.165) is 9.75 Å². The van der Waals surface area contributed by atoms with Crippen LogP contribution in [0.5, 0.6) is 0 Å². The van der Waals surface area contributed by atoms with Crippen LogP contribution in [0.4, 0.5) is 0 Å². The molecular weight excluding hydrogens is 316 g/mol. The molecule has 2 heterocycles. The molecule has 2 aromatic heterocycles. The second-order valence-corrected chi connectivity index (χ2v) is 13.3. The third-order valence-corrected chi connectivity index (χ3v) is 10.3. The van der Waals surface area contributed by atoms with Gasteiger partial charge in [-0.25, -0.2) is 0 Å². The van der Waals surface area contributed by atoms with Crippen LogP contribution in [0, 0.1) is 0 Å². The normalized spacial score (nSPS) is 12.7. The molecule has 2 rings (SSSR count). The van der Waals surface area contributed by atoms with Crippen LogP contribution in [-0.4, -0.2) is 14.3 Å². The monoisotopic (exact) mass is 338 g/mol. The molecule has 0 unspecified atom stereocenters. The van der Waals surface area contributed by atoms with Crippen molar-refractivity contribution >= 4 is 37.0 Å². The summed E-state index contributed by atoms with van der Waals surface area (Å²) in [6, 6.07) is 8.00. The molecule has 0 saturated heterocycles. The Balaban J connectivity index is 2.29. The topological polar surface area (TPSA) is 26.3 Å². The predicted molar refractivity (Wildman–Crippen MR) is 93.8 cm³/mol. The highest BCUT2D eigenvalue weighted by Gasteiger charge is 2.42. The average Bonchev–Trinajstić information content (AvgIpc) is 2.99. The molecule has 2 aromatic rings. The minimum atomic E-state index is -2.10. The van der Waals surface area contributed by atoms with Crippen molar-refractivity contribution in [3.8, 4) is 0 Å². The van der Waals surface area contributed by atoms with Crippen LogP contribution in [0.15, 0.2) is 35.0 Å². The van der Waals surface area contributed by atoms with Crippen molar-refractivity contribution < 1.29 is 9.22 Å². The first-order chi connectivity index (χ1) is 9.72. The highest BCUT2D eigenvalue weighted by atomic mass is 32.1. The van der Waals surface area contributed by atoms with Crippen LogP contribution in [-0.2, 0) is 9.22 Å². The molecule has 0 N–H and O–H groups in total. The second-order valence-electron chi connectivity index (χ2n) is 6.65. The average molecular weight is 339 g/mol. The maximum atomic E-state index is 12.8. The lowest BCUT2D eigenvalue weighted by atomic mass is 10.1. The summed E-state index contributed by atoms with van der Waals surface area (Å²) in [6.07, 6.45) is 0. The molecule has 0 aliphatic heterocycles. The van der Waals surface area contributed by atoms with Gasteiger partial charge in [-0.1, -0.05) is 32.9 Å². The van der Waals surface area contributed by atoms with Crippen molar-refractivity contribution in [2.75, 3.05) is 0 Å². The molecule has 0 fully saturated rings. The van der Waals surface area contributed by atoms with Gasteiger partial charge in [0.05, 0.1) is 0 Å². The first-order valence-corrected chi connectivity index (χ1v) is 11.7. The molecule has 0 amide bonds. The molecule has 0 radical (unpaired) electrons. The van der Waals surface area contributed by atoms with Crippen LogP contribution >= 0.6 is 22.7 Å². The van der Waals surface area contributed by atoms with Crippen molar-refractivity contribution in [3.05, 3.63) is 44.8 Å². The van der Waals surface area contributed by atoms with Crippen molar-refractivity contribution in [2.45, 2.75) is 44.8 Å². The number of rotatable bonds is 4. The van der Waals surface area contributed by atoms with E-state index in [4.69, 9.17) is 4.43 Å². The van der Waals surface area contributed by atoms with Gasteiger partial charge in [-0.05, 0) is 41.0 Å². The number of hydrogen-bond acceptors (Lipinski definition) is 4. The van der Waals surface area contributed by atoms with E-state index in [0.29, 0.717) is 0 Å². The zero-order chi connectivity index (χ0) is 15.7. The van der Waals surface area contributed by atoms with Crippen LogP contribution in [0.3, 0.4) is 0 Å². The quantitative estimate of drug-likeness (QED) is 0.689. The lowest BCUT2D eigenvalue weighted by Crippen LogP contribution is -2.43. The van der Waals surface area contributed by atoms with Gasteiger partial charge in [0.1, 0.15) is 5.92 Å². The van der Waals surface area contributed by atoms with E-state index < -0.39 is 8.32 Å². The summed E-state index contributed by atoms with van der Waals surface area (Å²) in [5.41, 5.74) is 0. The number of hydrogen-bond donors (Lipinski definition) is 0. The van der Waals surface area contributed by atoms with Crippen molar-refractivity contribution in [1.82, 2.24) is 0 Å². The number of thiophene rings is 2. The maximum Gasteiger partial charge on any atom is 0.306 e. The summed E-state index contributed by atoms with van der Waals surface area (Å²) in [5, 5.41) is 4.04. The van der Waals surface area contributed by atoms with Crippen LogP contribution in [0.1, 0.15) is 36.4 Å². The largest absolute Gasteiger partial charge is 0.518 e. The molecule has 114 valence electrons. The molecule has 21 heavy (non-hydrogen) atoms. The Hall–Kier alpha value is -0.913. The summed E-state index contributed by atoms with van der Waals surface area (Å²) >= 11 is 3.22. The Kier molecular flexibility index (Phi) is 4.75. The highest BCUT2D eigenvalue weighted by molar-refractivity contribution is 7.12. The van der Waals surface area contributed by atoms with Gasteiger partial charge in [0.15, 0.2) is 0 Å². The molecule has 0 aromatic carbocycles. The van der Waals surface area contributed by atoms with E-state index in [-0.39, 0.29) is 16.9 Å². The van der Waals surface area contributed by atoms with Gasteiger partial charge in [-0.3, -0.25) is 4.79 Å². The summed E-state index contributed by atoms with van der Waals surface area (Å²) in [4.78, 5) is 14.9. The summed E-state index contributed by atoms with van der Waals surface area (Å²) in [7, 11) is -2.10. The zero-order valence-electron chi connectivity index (χ0n) is 13.2. The fourth-order valence-electron chi connectivity index (χ4n) is 1.75. The lowest BCUT2D eigenvalue weighted by Gasteiger charge is -2.36. The summed E-state index contributed by atoms with van der Waals surface area (Å²) < 4.78 is 6.03. The Morgan fingerprint density at radius 1 is 1.10 bits per heavy atom. The fraction of sp³-hybridized carbons (Fsp3) is 0.438. The van der Waals surface area contributed by atoms with E-state index in [9.17, 15) is 4.79 Å². The minimum absolute atomic E-state index is 0.0259. The van der Waals surface area contributed by atoms with Crippen molar-refractivity contribution in [3.63, 3.8) is 0 Å². The molecule has 0 saturated carbocycles. The summed E-state index contributed by atoms with van der Waals surface area (Å²) in [6.45, 7) is 10.7. The second kappa shape index (κ2) is 6.06. The smallest absolute Gasteiger partial charge is 0.306 e. The molecule has 0 aliphatic carbocycles. The first-order valence-electron chi connectivity index (χ1n) is 7.02. The standard InChI is InChI=1S/C16H22O2S2Si/c1-16(2,3)21(4,5)18-15(17)14(12-8-6-10-19-12)13-9-7-11-20-13/h6-11,14H,1-5H3. The molecule has 0 atom stereocenters. The minimum Gasteiger partial charge on any atom is -0.518 e. The number of carbonyl (C=O) groups excluding carboxylic acids is 1. The Morgan fingerprint density at radius 3 is 1.90 bits per heavy atom. The zero-order valence-corrected chi connectivity index (χ0v) is 15.8. The third kappa shape index (κ3) is 3.65. The maximum absolute atomic E-state index is 12.8. The van der Waals surface area contributed by atoms with E-state index >= 15 is 0 Å². The number of carbonyl (C=O) groups is 1. The van der Waals surface area contributed by atoms with E-state index in [1.807, 2.05) is 35.0 Å². The molecule has 5 heteroatoms. The Bertz CT molecular complexity index is 546. The van der Waals surface area contributed by atoms with E-state index in [1.54, 1.807) is 22.7 Å². The van der Waals surface area contributed by atoms with Crippen molar-refractivity contribution in [1.29, 1.82) is 0 Å². The molecule has 0 aliphatic rings. The first kappa shape index (κ1) is 16.5. The Morgan fingerprint density at radius 2 is 1.57 bits per heavy atom. The van der Waals surface area contributed by atoms with Gasteiger partial charge in [0, 0.05) is 9.75 Å². The molecule has 0 bridgehead atoms. The lowest BCUT2D eigenvalue weighted by molar-refractivity contribution is -0.136. The molecule has 2 nitrogen and oxygen atoms in total. The van der Waals surface area contributed by atoms with Crippen LogP contribution in [0.2, 0.25) is 18.1 Å².